The Morgan fingerprint density at radius 1 is 1.48 bits per heavy atom. The minimum atomic E-state index is 0. The fraction of sp³-hybridized carbons (Fsp3) is 0.385. The van der Waals surface area contributed by atoms with Crippen LogP contribution >= 0.6 is 35.1 Å². The molecule has 2 rings (SSSR count). The van der Waals surface area contributed by atoms with Crippen molar-refractivity contribution in [3.05, 3.63) is 33.5 Å². The van der Waals surface area contributed by atoms with Gasteiger partial charge in [-0.3, -0.25) is 9.69 Å². The van der Waals surface area contributed by atoms with Gasteiger partial charge in [0.1, 0.15) is 0 Å². The molecule has 116 valence electrons. The molecule has 0 radical (unpaired) electrons. The normalized spacial score (nSPS) is 10.4. The van der Waals surface area contributed by atoms with Gasteiger partial charge in [0.05, 0.1) is 0 Å². The summed E-state index contributed by atoms with van der Waals surface area (Å²) in [6.45, 7) is 4.64. The Morgan fingerprint density at radius 3 is 2.86 bits per heavy atom. The maximum absolute atomic E-state index is 11.0. The number of halogens is 1. The summed E-state index contributed by atoms with van der Waals surface area (Å²) < 4.78 is 0. The Kier molecular flexibility index (Phi) is 7.66. The molecule has 5 nitrogen and oxygen atoms in total. The van der Waals surface area contributed by atoms with Crippen LogP contribution in [0.1, 0.15) is 17.4 Å². The van der Waals surface area contributed by atoms with Gasteiger partial charge in [-0.1, -0.05) is 0 Å². The van der Waals surface area contributed by atoms with Crippen molar-refractivity contribution >= 4 is 46.1 Å². The number of thiazole rings is 1. The summed E-state index contributed by atoms with van der Waals surface area (Å²) in [5, 5.41) is 7.65. The Morgan fingerprint density at radius 2 is 2.29 bits per heavy atom. The monoisotopic (exact) mass is 346 g/mol. The third kappa shape index (κ3) is 6.43. The number of amides is 1. The predicted molar refractivity (Wildman–Crippen MR) is 90.9 cm³/mol. The highest BCUT2D eigenvalue weighted by Gasteiger charge is 2.09. The van der Waals surface area contributed by atoms with E-state index in [-0.39, 0.29) is 18.3 Å². The lowest BCUT2D eigenvalue weighted by Crippen LogP contribution is -2.33. The molecule has 0 spiro atoms. The molecule has 0 atom stereocenters. The van der Waals surface area contributed by atoms with Crippen LogP contribution in [-0.4, -0.2) is 28.9 Å². The number of nitrogens with zero attached hydrogens (tertiary/aromatic N) is 2. The number of rotatable bonds is 7. The molecule has 0 fully saturated rings. The van der Waals surface area contributed by atoms with Crippen molar-refractivity contribution in [3.8, 4) is 0 Å². The molecule has 8 heteroatoms. The zero-order valence-corrected chi connectivity index (χ0v) is 14.2. The van der Waals surface area contributed by atoms with Gasteiger partial charge in [0.2, 0.25) is 5.91 Å². The van der Waals surface area contributed by atoms with Crippen LogP contribution in [0.2, 0.25) is 0 Å². The van der Waals surface area contributed by atoms with Crippen LogP contribution in [0.5, 0.6) is 0 Å². The van der Waals surface area contributed by atoms with Gasteiger partial charge in [-0.25, -0.2) is 4.98 Å². The Hall–Kier alpha value is -1.15. The number of nitrogens with one attached hydrogen (secondary N) is 1. The topological polar surface area (TPSA) is 71.2 Å². The Bertz CT molecular complexity index is 544. The molecule has 2 aromatic rings. The first kappa shape index (κ1) is 17.9. The van der Waals surface area contributed by atoms with Crippen molar-refractivity contribution in [1.29, 1.82) is 0 Å². The standard InChI is InChI=1S/C13H18N4OS2.ClH/c1-10(18)15-3-4-17(7-11-2-5-19-9-11)8-12-6-16-13(14)20-12;/h2,5-6,9H,3-4,7-8H2,1H3,(H2,14,16)(H,15,18);1H. The summed E-state index contributed by atoms with van der Waals surface area (Å²) in [7, 11) is 0. The van der Waals surface area contributed by atoms with Crippen molar-refractivity contribution < 1.29 is 4.79 Å². The second-order valence-corrected chi connectivity index (χ2v) is 6.42. The quantitative estimate of drug-likeness (QED) is 0.807. The second kappa shape index (κ2) is 8.99. The summed E-state index contributed by atoms with van der Waals surface area (Å²) in [5.74, 6) is 0.00233. The zero-order valence-electron chi connectivity index (χ0n) is 11.7. The van der Waals surface area contributed by atoms with Crippen LogP contribution in [0, 0.1) is 0 Å². The number of nitrogens with two attached hydrogens (primary N) is 1. The van der Waals surface area contributed by atoms with Crippen molar-refractivity contribution in [1.82, 2.24) is 15.2 Å². The van der Waals surface area contributed by atoms with Crippen LogP contribution in [0.25, 0.3) is 0 Å². The lowest BCUT2D eigenvalue weighted by atomic mass is 10.3. The molecule has 3 N–H and O–H groups in total. The van der Waals surface area contributed by atoms with Crippen molar-refractivity contribution in [2.45, 2.75) is 20.0 Å². The largest absolute Gasteiger partial charge is 0.375 e. The van der Waals surface area contributed by atoms with E-state index in [1.165, 1.54) is 23.8 Å². The van der Waals surface area contributed by atoms with Gasteiger partial charge in [-0.15, -0.1) is 23.7 Å². The molecule has 0 aliphatic heterocycles. The van der Waals surface area contributed by atoms with Gasteiger partial charge in [0, 0.05) is 44.2 Å². The molecular formula is C13H19ClN4OS2. The fourth-order valence-electron chi connectivity index (χ4n) is 1.86. The fourth-order valence-corrected chi connectivity index (χ4v) is 3.25. The first-order valence-electron chi connectivity index (χ1n) is 6.31. The van der Waals surface area contributed by atoms with Crippen molar-refractivity contribution in [2.75, 3.05) is 18.8 Å². The maximum atomic E-state index is 11.0. The number of carbonyl (C=O) groups is 1. The van der Waals surface area contributed by atoms with E-state index in [0.29, 0.717) is 11.7 Å². The molecule has 0 aromatic carbocycles. The number of nitrogen functional groups attached to an aromatic ring is 1. The van der Waals surface area contributed by atoms with Gasteiger partial charge >= 0.3 is 0 Å². The van der Waals surface area contributed by atoms with E-state index in [1.807, 2.05) is 6.20 Å². The molecule has 2 aromatic heterocycles. The summed E-state index contributed by atoms with van der Waals surface area (Å²) >= 11 is 3.20. The van der Waals surface area contributed by atoms with E-state index >= 15 is 0 Å². The minimum Gasteiger partial charge on any atom is -0.375 e. The summed E-state index contributed by atoms with van der Waals surface area (Å²) in [6, 6.07) is 2.12. The van der Waals surface area contributed by atoms with E-state index in [2.05, 4.69) is 32.0 Å². The van der Waals surface area contributed by atoms with Crippen LogP contribution in [0.15, 0.2) is 23.0 Å². The van der Waals surface area contributed by atoms with Crippen LogP contribution in [0.4, 0.5) is 5.13 Å². The summed E-state index contributed by atoms with van der Waals surface area (Å²) in [6.07, 6.45) is 1.82. The van der Waals surface area contributed by atoms with Gasteiger partial charge < -0.3 is 11.1 Å². The average Bonchev–Trinajstić information content (AvgIpc) is 3.01. The Balaban J connectivity index is 0.00000220. The first-order valence-corrected chi connectivity index (χ1v) is 8.07. The van der Waals surface area contributed by atoms with Gasteiger partial charge in [-0.2, -0.15) is 11.3 Å². The molecule has 1 amide bonds. The third-order valence-electron chi connectivity index (χ3n) is 2.74. The van der Waals surface area contributed by atoms with Crippen LogP contribution < -0.4 is 11.1 Å². The first-order chi connectivity index (χ1) is 9.63. The van der Waals surface area contributed by atoms with Gasteiger partial charge in [-0.05, 0) is 22.4 Å². The SMILES string of the molecule is CC(=O)NCCN(Cc1ccsc1)Cc1cnc(N)s1.Cl. The highest BCUT2D eigenvalue weighted by Crippen LogP contribution is 2.18. The van der Waals surface area contributed by atoms with E-state index in [1.54, 1.807) is 11.3 Å². The third-order valence-corrected chi connectivity index (χ3v) is 4.28. The highest BCUT2D eigenvalue weighted by atomic mass is 35.5. The Labute approximate surface area is 138 Å². The number of aromatic nitrogens is 1. The molecule has 0 aliphatic rings. The average molecular weight is 347 g/mol. The number of hydrogen-bond donors (Lipinski definition) is 2. The van der Waals surface area contributed by atoms with E-state index < -0.39 is 0 Å². The maximum Gasteiger partial charge on any atom is 0.216 e. The molecular weight excluding hydrogens is 328 g/mol. The number of thiophene rings is 1. The lowest BCUT2D eigenvalue weighted by molar-refractivity contribution is -0.119. The number of anilines is 1. The smallest absolute Gasteiger partial charge is 0.216 e. The molecule has 0 saturated carbocycles. The molecule has 0 saturated heterocycles. The van der Waals surface area contributed by atoms with Crippen molar-refractivity contribution in [3.63, 3.8) is 0 Å². The lowest BCUT2D eigenvalue weighted by Gasteiger charge is -2.21. The second-order valence-electron chi connectivity index (χ2n) is 4.49. The van der Waals surface area contributed by atoms with E-state index in [0.717, 1.165) is 24.5 Å². The van der Waals surface area contributed by atoms with E-state index in [9.17, 15) is 4.79 Å². The van der Waals surface area contributed by atoms with Gasteiger partial charge in [0.25, 0.3) is 0 Å². The van der Waals surface area contributed by atoms with Crippen molar-refractivity contribution in [2.24, 2.45) is 0 Å². The summed E-state index contributed by atoms with van der Waals surface area (Å²) in [5.41, 5.74) is 6.95. The van der Waals surface area contributed by atoms with E-state index in [4.69, 9.17) is 5.73 Å². The number of hydrogen-bond acceptors (Lipinski definition) is 6. The van der Waals surface area contributed by atoms with Crippen LogP contribution in [-0.2, 0) is 17.9 Å². The minimum absolute atomic E-state index is 0. The molecule has 0 aliphatic carbocycles. The van der Waals surface area contributed by atoms with Gasteiger partial charge in [0.15, 0.2) is 5.13 Å². The predicted octanol–water partition coefficient (Wildman–Crippen LogP) is 2.35. The molecule has 0 unspecified atom stereocenters. The number of carbonyl (C=O) groups excluding carboxylic acids is 1. The molecule has 21 heavy (non-hydrogen) atoms. The van der Waals surface area contributed by atoms with Crippen LogP contribution in [0.3, 0.4) is 0 Å². The summed E-state index contributed by atoms with van der Waals surface area (Å²) in [4.78, 5) is 18.5. The zero-order chi connectivity index (χ0) is 14.4. The molecule has 2 heterocycles. The molecule has 0 bridgehead atoms. The highest BCUT2D eigenvalue weighted by molar-refractivity contribution is 7.15.